The van der Waals surface area contributed by atoms with Crippen LogP contribution in [0, 0.1) is 5.41 Å². The van der Waals surface area contributed by atoms with E-state index >= 15 is 0 Å². The molecule has 0 saturated carbocycles. The molecular weight excluding hydrogens is 487 g/mol. The number of carbonyl (C=O) groups excluding carboxylic acids is 1. The van der Waals surface area contributed by atoms with Crippen LogP contribution in [-0.4, -0.2) is 47.2 Å². The van der Waals surface area contributed by atoms with Gasteiger partial charge in [-0.05, 0) is 30.7 Å². The van der Waals surface area contributed by atoms with Gasteiger partial charge in [0.25, 0.3) is 5.91 Å². The summed E-state index contributed by atoms with van der Waals surface area (Å²) in [5.74, 6) is -0.474. The normalized spacial score (nSPS) is 13.3. The SMILES string of the molecule is CN(C)c1ccccc1C(=O)Nc1cnc(C(=N)/C=C(\NCC2=CC=CCC=C2F)c2ncco2)nc1N. The number of nitrogens with zero attached hydrogens (tertiary/aromatic N) is 4. The zero-order valence-electron chi connectivity index (χ0n) is 20.9. The van der Waals surface area contributed by atoms with Crippen LogP contribution in [0.2, 0.25) is 0 Å². The zero-order valence-corrected chi connectivity index (χ0v) is 20.9. The predicted octanol–water partition coefficient (Wildman–Crippen LogP) is 4.10. The molecule has 0 bridgehead atoms. The van der Waals surface area contributed by atoms with Crippen molar-refractivity contribution in [3.05, 3.63) is 102 Å². The van der Waals surface area contributed by atoms with Gasteiger partial charge in [0.2, 0.25) is 5.89 Å². The topological polar surface area (TPSA) is 146 Å². The highest BCUT2D eigenvalue weighted by Gasteiger charge is 2.17. The Morgan fingerprint density at radius 2 is 2.11 bits per heavy atom. The maximum Gasteiger partial charge on any atom is 0.257 e. The Kier molecular flexibility index (Phi) is 8.07. The molecule has 11 heteroatoms. The Balaban J connectivity index is 1.52. The number of nitrogens with two attached hydrogens (primary N) is 1. The Bertz CT molecular complexity index is 1460. The summed E-state index contributed by atoms with van der Waals surface area (Å²) in [5, 5.41) is 14.3. The molecule has 1 amide bonds. The lowest BCUT2D eigenvalue weighted by molar-refractivity contribution is 0.102. The highest BCUT2D eigenvalue weighted by atomic mass is 19.1. The average Bonchev–Trinajstić information content (AvgIpc) is 3.37. The van der Waals surface area contributed by atoms with Crippen molar-refractivity contribution < 1.29 is 13.6 Å². The van der Waals surface area contributed by atoms with Gasteiger partial charge in [-0.3, -0.25) is 10.2 Å². The minimum atomic E-state index is -0.369. The van der Waals surface area contributed by atoms with Crippen LogP contribution in [0.4, 0.5) is 21.6 Å². The summed E-state index contributed by atoms with van der Waals surface area (Å²) in [7, 11) is 3.69. The summed E-state index contributed by atoms with van der Waals surface area (Å²) >= 11 is 0. The molecule has 0 fully saturated rings. The minimum absolute atomic E-state index is 0.00271. The molecule has 1 aliphatic rings. The van der Waals surface area contributed by atoms with E-state index in [9.17, 15) is 9.18 Å². The smallest absolute Gasteiger partial charge is 0.257 e. The highest BCUT2D eigenvalue weighted by molar-refractivity contribution is 6.10. The van der Waals surface area contributed by atoms with E-state index in [4.69, 9.17) is 15.6 Å². The number of oxazole rings is 1. The summed E-state index contributed by atoms with van der Waals surface area (Å²) < 4.78 is 19.7. The van der Waals surface area contributed by atoms with E-state index in [0.29, 0.717) is 23.3 Å². The number of nitrogens with one attached hydrogen (secondary N) is 3. The number of benzene rings is 1. The average molecular weight is 515 g/mol. The monoisotopic (exact) mass is 514 g/mol. The van der Waals surface area contributed by atoms with Gasteiger partial charge < -0.3 is 25.7 Å². The number of nitrogen functional groups attached to an aromatic ring is 1. The molecule has 0 aliphatic heterocycles. The molecule has 0 saturated heterocycles. The van der Waals surface area contributed by atoms with E-state index < -0.39 is 0 Å². The van der Waals surface area contributed by atoms with Gasteiger partial charge in [0.1, 0.15) is 29.2 Å². The Hall–Kier alpha value is -5.06. The predicted molar refractivity (Wildman–Crippen MR) is 146 cm³/mol. The van der Waals surface area contributed by atoms with Crippen molar-refractivity contribution in [2.75, 3.05) is 36.6 Å². The lowest BCUT2D eigenvalue weighted by Crippen LogP contribution is -2.20. The van der Waals surface area contributed by atoms with E-state index in [1.165, 1.54) is 30.8 Å². The van der Waals surface area contributed by atoms with Gasteiger partial charge in [0.05, 0.1) is 18.0 Å². The van der Waals surface area contributed by atoms with Gasteiger partial charge in [-0.1, -0.05) is 30.4 Å². The number of anilines is 3. The second-order valence-electron chi connectivity index (χ2n) is 8.43. The molecule has 2 heterocycles. The number of hydrogen-bond acceptors (Lipinski definition) is 9. The molecule has 194 valence electrons. The number of halogens is 1. The second-order valence-corrected chi connectivity index (χ2v) is 8.43. The van der Waals surface area contributed by atoms with Crippen LogP contribution in [-0.2, 0) is 0 Å². The maximum atomic E-state index is 14.3. The fourth-order valence-corrected chi connectivity index (χ4v) is 3.60. The molecule has 38 heavy (non-hydrogen) atoms. The van der Waals surface area contributed by atoms with Crippen molar-refractivity contribution in [2.24, 2.45) is 0 Å². The second kappa shape index (κ2) is 11.8. The number of aromatic nitrogens is 3. The summed E-state index contributed by atoms with van der Waals surface area (Å²) in [4.78, 5) is 27.2. The molecule has 3 aromatic rings. The van der Waals surface area contributed by atoms with E-state index in [0.717, 1.165) is 5.69 Å². The Labute approximate surface area is 219 Å². The van der Waals surface area contributed by atoms with Gasteiger partial charge >= 0.3 is 0 Å². The van der Waals surface area contributed by atoms with Crippen molar-refractivity contribution in [3.63, 3.8) is 0 Å². The molecule has 1 aliphatic carbocycles. The third kappa shape index (κ3) is 6.19. The van der Waals surface area contributed by atoms with Crippen LogP contribution in [0.1, 0.15) is 28.5 Å². The van der Waals surface area contributed by atoms with E-state index in [-0.39, 0.29) is 47.2 Å². The van der Waals surface area contributed by atoms with Crippen LogP contribution in [0.3, 0.4) is 0 Å². The molecular formula is C27H27FN8O2. The zero-order chi connectivity index (χ0) is 27.1. The van der Waals surface area contributed by atoms with Crippen LogP contribution < -0.4 is 21.3 Å². The van der Waals surface area contributed by atoms with Gasteiger partial charge in [-0.15, -0.1) is 0 Å². The third-order valence-electron chi connectivity index (χ3n) is 5.53. The quantitative estimate of drug-likeness (QED) is 0.312. The number of allylic oxidation sites excluding steroid dienone is 5. The molecule has 2 aromatic heterocycles. The van der Waals surface area contributed by atoms with Crippen molar-refractivity contribution >= 4 is 34.5 Å². The third-order valence-corrected chi connectivity index (χ3v) is 5.53. The van der Waals surface area contributed by atoms with E-state index in [1.807, 2.05) is 37.2 Å². The summed E-state index contributed by atoms with van der Waals surface area (Å²) in [6.45, 7) is 0.135. The van der Waals surface area contributed by atoms with E-state index in [1.54, 1.807) is 24.3 Å². The molecule has 4 rings (SSSR count). The molecule has 0 atom stereocenters. The fraction of sp³-hybridized carbons (Fsp3) is 0.148. The first-order valence-electron chi connectivity index (χ1n) is 11.7. The molecule has 5 N–H and O–H groups in total. The van der Waals surface area contributed by atoms with Crippen molar-refractivity contribution in [1.82, 2.24) is 20.3 Å². The standard InChI is InChI=1S/C27H27FN8O2/c1-36(2)23-11-7-6-9-18(23)26(37)34-22-16-33-25(35-24(22)30)20(29)14-21(27-31-12-13-38-27)32-15-17-8-4-3-5-10-19(17)28/h3-4,6-14,16,29,32H,5,15H2,1-2H3,(H,34,37)(H2,30,33,35)/b21-14-,29-20?. The fourth-order valence-electron chi connectivity index (χ4n) is 3.60. The van der Waals surface area contributed by atoms with Crippen LogP contribution >= 0.6 is 0 Å². The molecule has 10 nitrogen and oxygen atoms in total. The van der Waals surface area contributed by atoms with Gasteiger partial charge in [-0.25, -0.2) is 19.3 Å². The number of para-hydroxylation sites is 1. The van der Waals surface area contributed by atoms with Crippen LogP contribution in [0.5, 0.6) is 0 Å². The highest BCUT2D eigenvalue weighted by Crippen LogP contribution is 2.22. The summed E-state index contributed by atoms with van der Waals surface area (Å²) in [5.41, 5.74) is 8.19. The van der Waals surface area contributed by atoms with Crippen molar-refractivity contribution in [2.45, 2.75) is 6.42 Å². The Morgan fingerprint density at radius 3 is 2.84 bits per heavy atom. The molecule has 0 spiro atoms. The van der Waals surface area contributed by atoms with Crippen molar-refractivity contribution in [1.29, 1.82) is 5.41 Å². The lowest BCUT2D eigenvalue weighted by atomic mass is 10.1. The van der Waals surface area contributed by atoms with Gasteiger partial charge in [0.15, 0.2) is 11.6 Å². The first-order valence-corrected chi connectivity index (χ1v) is 11.7. The Morgan fingerprint density at radius 1 is 1.29 bits per heavy atom. The van der Waals surface area contributed by atoms with Crippen molar-refractivity contribution in [3.8, 4) is 0 Å². The number of hydrogen-bond donors (Lipinski definition) is 4. The summed E-state index contributed by atoms with van der Waals surface area (Å²) in [6, 6.07) is 7.15. The van der Waals surface area contributed by atoms with Gasteiger partial charge in [-0.2, -0.15) is 0 Å². The molecule has 1 aromatic carbocycles. The van der Waals surface area contributed by atoms with E-state index in [2.05, 4.69) is 25.6 Å². The van der Waals surface area contributed by atoms with Crippen LogP contribution in [0.15, 0.2) is 89.1 Å². The van der Waals surface area contributed by atoms with Crippen LogP contribution in [0.25, 0.3) is 5.70 Å². The molecule has 0 radical (unpaired) electrons. The maximum absolute atomic E-state index is 14.3. The minimum Gasteiger partial charge on any atom is -0.443 e. The first-order chi connectivity index (χ1) is 18.3. The summed E-state index contributed by atoms with van der Waals surface area (Å²) in [6.07, 6.45) is 12.9. The number of amides is 1. The van der Waals surface area contributed by atoms with Gasteiger partial charge in [0, 0.05) is 31.9 Å². The molecule has 0 unspecified atom stereocenters. The lowest BCUT2D eigenvalue weighted by Gasteiger charge is -2.17. The first kappa shape index (κ1) is 26.0. The number of rotatable bonds is 9. The largest absolute Gasteiger partial charge is 0.443 e. The number of carbonyl (C=O) groups is 1.